The van der Waals surface area contributed by atoms with E-state index in [0.717, 1.165) is 13.0 Å². The highest BCUT2D eigenvalue weighted by Crippen LogP contribution is 2.22. The minimum atomic E-state index is 0.196. The van der Waals surface area contributed by atoms with Crippen molar-refractivity contribution in [3.63, 3.8) is 0 Å². The Labute approximate surface area is 66.0 Å². The van der Waals surface area contributed by atoms with E-state index in [-0.39, 0.29) is 5.92 Å². The van der Waals surface area contributed by atoms with Crippen molar-refractivity contribution in [2.75, 3.05) is 13.1 Å². The third-order valence-corrected chi connectivity index (χ3v) is 2.28. The van der Waals surface area contributed by atoms with Crippen LogP contribution in [-0.4, -0.2) is 18.9 Å². The molecule has 2 aliphatic rings. The van der Waals surface area contributed by atoms with Gasteiger partial charge in [0.25, 0.3) is 0 Å². The molecule has 11 heavy (non-hydrogen) atoms. The van der Waals surface area contributed by atoms with Crippen molar-refractivity contribution < 1.29 is 4.79 Å². The quantitative estimate of drug-likeness (QED) is 0.548. The molecule has 0 bridgehead atoms. The fourth-order valence-electron chi connectivity index (χ4n) is 1.65. The summed E-state index contributed by atoms with van der Waals surface area (Å²) in [7, 11) is 0. The summed E-state index contributed by atoms with van der Waals surface area (Å²) in [4.78, 5) is 11.3. The van der Waals surface area contributed by atoms with Crippen molar-refractivity contribution in [3.8, 4) is 0 Å². The van der Waals surface area contributed by atoms with Crippen LogP contribution in [0, 0.1) is 5.92 Å². The molecule has 0 aromatic heterocycles. The number of Topliss-reactive ketones (excluding diaryl/α,β-unsaturated/α-hetero) is 1. The Morgan fingerprint density at radius 1 is 1.45 bits per heavy atom. The number of allylic oxidation sites excluding steroid dienone is 3. The van der Waals surface area contributed by atoms with E-state index in [1.54, 1.807) is 0 Å². The highest BCUT2D eigenvalue weighted by molar-refractivity contribution is 5.87. The van der Waals surface area contributed by atoms with Gasteiger partial charge in [-0.1, -0.05) is 18.2 Å². The lowest BCUT2D eigenvalue weighted by Crippen LogP contribution is -2.39. The average Bonchev–Trinajstić information content (AvgIpc) is 2.06. The molecule has 2 nitrogen and oxygen atoms in total. The van der Waals surface area contributed by atoms with Gasteiger partial charge in [0, 0.05) is 12.5 Å². The molecule has 2 rings (SSSR count). The zero-order chi connectivity index (χ0) is 7.68. The van der Waals surface area contributed by atoms with E-state index in [9.17, 15) is 4.79 Å². The maximum atomic E-state index is 11.3. The predicted octanol–water partition coefficient (Wildman–Crippen LogP) is 0.661. The summed E-state index contributed by atoms with van der Waals surface area (Å²) < 4.78 is 0. The Hall–Kier alpha value is -0.890. The van der Waals surface area contributed by atoms with Crippen molar-refractivity contribution in [1.82, 2.24) is 5.32 Å². The normalized spacial score (nSPS) is 29.6. The molecular weight excluding hydrogens is 138 g/mol. The fourth-order valence-corrected chi connectivity index (χ4v) is 1.65. The van der Waals surface area contributed by atoms with Crippen LogP contribution in [0.2, 0.25) is 0 Å². The first kappa shape index (κ1) is 6.80. The van der Waals surface area contributed by atoms with Crippen LogP contribution in [0.1, 0.15) is 6.42 Å². The molecule has 1 unspecified atom stereocenters. The number of hydrogen-bond donors (Lipinski definition) is 1. The zero-order valence-electron chi connectivity index (χ0n) is 6.34. The minimum absolute atomic E-state index is 0.196. The number of ketones is 1. The van der Waals surface area contributed by atoms with Crippen LogP contribution in [0.15, 0.2) is 23.8 Å². The summed E-state index contributed by atoms with van der Waals surface area (Å²) in [5, 5.41) is 3.08. The number of fused-ring (bicyclic) bond motifs is 1. The number of hydrogen-bond acceptors (Lipinski definition) is 2. The van der Waals surface area contributed by atoms with E-state index in [0.29, 0.717) is 12.3 Å². The summed E-state index contributed by atoms with van der Waals surface area (Å²) in [6.45, 7) is 1.44. The van der Waals surface area contributed by atoms with Gasteiger partial charge in [-0.2, -0.15) is 0 Å². The minimum Gasteiger partial charge on any atom is -0.306 e. The van der Waals surface area contributed by atoms with Crippen molar-refractivity contribution in [2.45, 2.75) is 6.42 Å². The summed E-state index contributed by atoms with van der Waals surface area (Å²) in [6, 6.07) is 0. The van der Waals surface area contributed by atoms with E-state index in [2.05, 4.69) is 17.5 Å². The van der Waals surface area contributed by atoms with Crippen LogP contribution < -0.4 is 5.32 Å². The van der Waals surface area contributed by atoms with Crippen LogP contribution in [0.25, 0.3) is 0 Å². The molecule has 0 aromatic rings. The lowest BCUT2D eigenvalue weighted by atomic mass is 9.85. The summed E-state index contributed by atoms with van der Waals surface area (Å²) in [5.41, 5.74) is 1.25. The molecule has 1 N–H and O–H groups in total. The Balaban J connectivity index is 2.24. The van der Waals surface area contributed by atoms with Gasteiger partial charge >= 0.3 is 0 Å². The van der Waals surface area contributed by atoms with E-state index in [1.165, 1.54) is 5.57 Å². The molecule has 1 aliphatic carbocycles. The second-order valence-corrected chi connectivity index (χ2v) is 3.03. The molecule has 0 radical (unpaired) electrons. The smallest absolute Gasteiger partial charge is 0.154 e. The highest BCUT2D eigenvalue weighted by Gasteiger charge is 2.25. The van der Waals surface area contributed by atoms with Gasteiger partial charge in [0.2, 0.25) is 0 Å². The standard InChI is InChI=1S/C9H11NO/c11-9-6-10-5-7-3-1-2-4-8(7)9/h1-3,8,10H,4-6H2. The van der Waals surface area contributed by atoms with Gasteiger partial charge in [-0.15, -0.1) is 0 Å². The molecule has 0 amide bonds. The first-order valence-electron chi connectivity index (χ1n) is 3.97. The van der Waals surface area contributed by atoms with E-state index < -0.39 is 0 Å². The predicted molar refractivity (Wildman–Crippen MR) is 43.2 cm³/mol. The summed E-state index contributed by atoms with van der Waals surface area (Å²) in [5.74, 6) is 0.535. The molecule has 0 spiro atoms. The maximum absolute atomic E-state index is 11.3. The van der Waals surface area contributed by atoms with Crippen LogP contribution in [0.5, 0.6) is 0 Å². The molecule has 58 valence electrons. The second kappa shape index (κ2) is 2.62. The Bertz CT molecular complexity index is 240. The number of carbonyl (C=O) groups excluding carboxylic acids is 1. The summed E-state index contributed by atoms with van der Waals surface area (Å²) in [6.07, 6.45) is 7.06. The van der Waals surface area contributed by atoms with Crippen molar-refractivity contribution in [2.24, 2.45) is 5.92 Å². The first-order chi connectivity index (χ1) is 5.38. The number of nitrogens with one attached hydrogen (secondary N) is 1. The first-order valence-corrected chi connectivity index (χ1v) is 3.97. The highest BCUT2D eigenvalue weighted by atomic mass is 16.1. The Kier molecular flexibility index (Phi) is 1.62. The maximum Gasteiger partial charge on any atom is 0.154 e. The molecule has 0 saturated carbocycles. The van der Waals surface area contributed by atoms with Crippen LogP contribution in [0.4, 0.5) is 0 Å². The monoisotopic (exact) mass is 149 g/mol. The van der Waals surface area contributed by atoms with Crippen molar-refractivity contribution >= 4 is 5.78 Å². The van der Waals surface area contributed by atoms with E-state index in [4.69, 9.17) is 0 Å². The van der Waals surface area contributed by atoms with E-state index in [1.807, 2.05) is 6.08 Å². The molecule has 1 heterocycles. The van der Waals surface area contributed by atoms with Crippen LogP contribution >= 0.6 is 0 Å². The average molecular weight is 149 g/mol. The number of carbonyl (C=O) groups is 1. The third-order valence-electron chi connectivity index (χ3n) is 2.28. The molecular formula is C9H11NO. The van der Waals surface area contributed by atoms with Gasteiger partial charge in [-0.05, 0) is 12.0 Å². The molecule has 2 heteroatoms. The molecule has 1 fully saturated rings. The second-order valence-electron chi connectivity index (χ2n) is 3.03. The van der Waals surface area contributed by atoms with Crippen LogP contribution in [-0.2, 0) is 4.79 Å². The molecule has 1 atom stereocenters. The van der Waals surface area contributed by atoms with Gasteiger partial charge in [0.05, 0.1) is 6.54 Å². The summed E-state index contributed by atoms with van der Waals surface area (Å²) >= 11 is 0. The van der Waals surface area contributed by atoms with Gasteiger partial charge in [0.15, 0.2) is 5.78 Å². The van der Waals surface area contributed by atoms with Crippen LogP contribution in [0.3, 0.4) is 0 Å². The van der Waals surface area contributed by atoms with Gasteiger partial charge in [0.1, 0.15) is 0 Å². The Morgan fingerprint density at radius 2 is 2.36 bits per heavy atom. The van der Waals surface area contributed by atoms with Crippen molar-refractivity contribution in [1.29, 1.82) is 0 Å². The van der Waals surface area contributed by atoms with E-state index >= 15 is 0 Å². The largest absolute Gasteiger partial charge is 0.306 e. The molecule has 1 saturated heterocycles. The molecule has 1 aliphatic heterocycles. The molecule has 0 aromatic carbocycles. The van der Waals surface area contributed by atoms with Gasteiger partial charge in [-0.3, -0.25) is 4.79 Å². The number of rotatable bonds is 0. The van der Waals surface area contributed by atoms with Gasteiger partial charge < -0.3 is 5.32 Å². The third kappa shape index (κ3) is 1.14. The van der Waals surface area contributed by atoms with Crippen molar-refractivity contribution in [3.05, 3.63) is 23.8 Å². The zero-order valence-corrected chi connectivity index (χ0v) is 6.34. The fraction of sp³-hybridized carbons (Fsp3) is 0.444. The topological polar surface area (TPSA) is 29.1 Å². The number of piperidine rings is 1. The lowest BCUT2D eigenvalue weighted by Gasteiger charge is -2.25. The SMILES string of the molecule is O=C1CNCC2=CC=CCC12. The Morgan fingerprint density at radius 3 is 3.18 bits per heavy atom. The van der Waals surface area contributed by atoms with Gasteiger partial charge in [-0.25, -0.2) is 0 Å². The lowest BCUT2D eigenvalue weighted by molar-refractivity contribution is -0.121.